The number of carbonyl (C=O) groups is 1. The van der Waals surface area contributed by atoms with E-state index in [1.807, 2.05) is 0 Å². The normalized spacial score (nSPS) is 18.5. The number of hydrogen-bond donors (Lipinski definition) is 1. The van der Waals surface area contributed by atoms with E-state index in [9.17, 15) is 18.7 Å². The van der Waals surface area contributed by atoms with Gasteiger partial charge in [0.25, 0.3) is 0 Å². The van der Waals surface area contributed by atoms with Gasteiger partial charge in [0.1, 0.15) is 5.84 Å². The molecule has 0 radical (unpaired) electrons. The molecule has 1 amide bonds. The van der Waals surface area contributed by atoms with Crippen LogP contribution in [0.4, 0.5) is 13.6 Å². The van der Waals surface area contributed by atoms with E-state index < -0.39 is 23.8 Å². The van der Waals surface area contributed by atoms with E-state index in [0.29, 0.717) is 16.8 Å². The number of benzene rings is 1. The van der Waals surface area contributed by atoms with Crippen LogP contribution in [0.15, 0.2) is 34.5 Å². The summed E-state index contributed by atoms with van der Waals surface area (Å²) in [4.78, 5) is 16.8. The molecular weight excluding hydrogens is 294 g/mol. The zero-order chi connectivity index (χ0) is 16.4. The molecule has 0 fully saturated rings. The van der Waals surface area contributed by atoms with Gasteiger partial charge in [0, 0.05) is 18.4 Å². The minimum Gasteiger partial charge on any atom is -0.465 e. The largest absolute Gasteiger partial charge is 0.465 e. The van der Waals surface area contributed by atoms with E-state index in [2.05, 4.69) is 4.99 Å². The van der Waals surface area contributed by atoms with Crippen molar-refractivity contribution in [2.24, 2.45) is 4.99 Å². The van der Waals surface area contributed by atoms with Gasteiger partial charge in [-0.15, -0.1) is 0 Å². The number of aliphatic imine (C=N–C) groups is 1. The van der Waals surface area contributed by atoms with E-state index in [1.165, 1.54) is 13.2 Å². The van der Waals surface area contributed by atoms with Crippen molar-refractivity contribution in [3.8, 4) is 0 Å². The number of allylic oxidation sites excluding steroid dienone is 1. The highest BCUT2D eigenvalue weighted by Gasteiger charge is 2.35. The Morgan fingerprint density at radius 2 is 2.05 bits per heavy atom. The first-order valence-corrected chi connectivity index (χ1v) is 6.57. The standard InChI is InChI=1S/C15H16F2N2O3/c1-8-11(7-22-3)14(19(15(20)21)9(2)18-8)10-4-5-12(16)13(17)6-10/h4-6,14H,7H2,1-3H3,(H,20,21). The average molecular weight is 310 g/mol. The fourth-order valence-corrected chi connectivity index (χ4v) is 2.53. The maximum atomic E-state index is 13.6. The molecule has 1 unspecified atom stereocenters. The number of rotatable bonds is 3. The number of amidine groups is 1. The van der Waals surface area contributed by atoms with E-state index in [1.54, 1.807) is 13.8 Å². The molecule has 0 aromatic heterocycles. The lowest BCUT2D eigenvalue weighted by Gasteiger charge is -2.35. The van der Waals surface area contributed by atoms with Crippen molar-refractivity contribution in [1.29, 1.82) is 0 Å². The van der Waals surface area contributed by atoms with Gasteiger partial charge < -0.3 is 9.84 Å². The Labute approximate surface area is 126 Å². The monoisotopic (exact) mass is 310 g/mol. The molecule has 0 aliphatic carbocycles. The van der Waals surface area contributed by atoms with Crippen LogP contribution < -0.4 is 0 Å². The maximum absolute atomic E-state index is 13.6. The number of ether oxygens (including phenoxy) is 1. The summed E-state index contributed by atoms with van der Waals surface area (Å²) >= 11 is 0. The van der Waals surface area contributed by atoms with Crippen molar-refractivity contribution in [1.82, 2.24) is 4.90 Å². The van der Waals surface area contributed by atoms with Crippen LogP contribution in [-0.2, 0) is 4.74 Å². The summed E-state index contributed by atoms with van der Waals surface area (Å²) in [5.41, 5.74) is 1.51. The summed E-state index contributed by atoms with van der Waals surface area (Å²) in [7, 11) is 1.47. The molecule has 1 N–H and O–H groups in total. The van der Waals surface area contributed by atoms with Gasteiger partial charge in [-0.05, 0) is 31.5 Å². The Hall–Kier alpha value is -2.28. The van der Waals surface area contributed by atoms with Gasteiger partial charge >= 0.3 is 6.09 Å². The lowest BCUT2D eigenvalue weighted by atomic mass is 9.94. The van der Waals surface area contributed by atoms with Crippen molar-refractivity contribution in [3.63, 3.8) is 0 Å². The SMILES string of the molecule is COCC1=C(C)N=C(C)N(C(=O)O)C1c1ccc(F)c(F)c1. The van der Waals surface area contributed by atoms with Crippen LogP contribution in [0.5, 0.6) is 0 Å². The number of halogens is 2. The Kier molecular flexibility index (Phi) is 4.56. The summed E-state index contributed by atoms with van der Waals surface area (Å²) < 4.78 is 31.8. The highest BCUT2D eigenvalue weighted by Crippen LogP contribution is 2.35. The molecular formula is C15H16F2N2O3. The molecule has 22 heavy (non-hydrogen) atoms. The third kappa shape index (κ3) is 2.85. The van der Waals surface area contributed by atoms with E-state index >= 15 is 0 Å². The zero-order valence-corrected chi connectivity index (χ0v) is 12.4. The van der Waals surface area contributed by atoms with Gasteiger partial charge in [-0.2, -0.15) is 0 Å². The van der Waals surface area contributed by atoms with E-state index in [0.717, 1.165) is 17.0 Å². The quantitative estimate of drug-likeness (QED) is 0.931. The van der Waals surface area contributed by atoms with Crippen molar-refractivity contribution < 1.29 is 23.4 Å². The van der Waals surface area contributed by atoms with Crippen molar-refractivity contribution >= 4 is 11.9 Å². The lowest BCUT2D eigenvalue weighted by Crippen LogP contribution is -2.41. The third-order valence-electron chi connectivity index (χ3n) is 3.50. The number of methoxy groups -OCH3 is 1. The number of nitrogens with zero attached hydrogens (tertiary/aromatic N) is 2. The predicted molar refractivity (Wildman–Crippen MR) is 76.6 cm³/mol. The lowest BCUT2D eigenvalue weighted by molar-refractivity contribution is 0.153. The van der Waals surface area contributed by atoms with Crippen molar-refractivity contribution in [3.05, 3.63) is 46.7 Å². The van der Waals surface area contributed by atoms with Gasteiger partial charge in [0.05, 0.1) is 12.6 Å². The van der Waals surface area contributed by atoms with Crippen LogP contribution in [0.25, 0.3) is 0 Å². The average Bonchev–Trinajstić information content (AvgIpc) is 2.44. The molecule has 1 aromatic rings. The van der Waals surface area contributed by atoms with Gasteiger partial charge in [0.2, 0.25) is 0 Å². The zero-order valence-electron chi connectivity index (χ0n) is 12.4. The topological polar surface area (TPSA) is 62.1 Å². The number of carboxylic acid groups (broad SMARTS) is 1. The third-order valence-corrected chi connectivity index (χ3v) is 3.50. The molecule has 7 heteroatoms. The van der Waals surface area contributed by atoms with E-state index in [-0.39, 0.29) is 12.4 Å². The molecule has 118 valence electrons. The Morgan fingerprint density at radius 3 is 2.59 bits per heavy atom. The summed E-state index contributed by atoms with van der Waals surface area (Å²) in [5, 5.41) is 9.45. The minimum absolute atomic E-state index is 0.135. The summed E-state index contributed by atoms with van der Waals surface area (Å²) in [5.74, 6) is -1.75. The van der Waals surface area contributed by atoms with Crippen LogP contribution in [0, 0.1) is 11.6 Å². The highest BCUT2D eigenvalue weighted by molar-refractivity contribution is 5.95. The Bertz CT molecular complexity index is 671. The van der Waals surface area contributed by atoms with Crippen molar-refractivity contribution in [2.45, 2.75) is 19.9 Å². The summed E-state index contributed by atoms with van der Waals surface area (Å²) in [6, 6.07) is 2.54. The van der Waals surface area contributed by atoms with Crippen LogP contribution in [0.3, 0.4) is 0 Å². The van der Waals surface area contributed by atoms with Gasteiger partial charge in [-0.25, -0.2) is 18.6 Å². The molecule has 0 spiro atoms. The number of amides is 1. The Balaban J connectivity index is 2.61. The maximum Gasteiger partial charge on any atom is 0.413 e. The van der Waals surface area contributed by atoms with Crippen LogP contribution in [-0.4, -0.2) is 35.7 Å². The van der Waals surface area contributed by atoms with Crippen LogP contribution >= 0.6 is 0 Å². The molecule has 1 atom stereocenters. The first-order valence-electron chi connectivity index (χ1n) is 6.57. The summed E-state index contributed by atoms with van der Waals surface area (Å²) in [6.45, 7) is 3.41. The second-order valence-electron chi connectivity index (χ2n) is 4.93. The smallest absolute Gasteiger partial charge is 0.413 e. The molecule has 1 aliphatic rings. The van der Waals surface area contributed by atoms with Gasteiger partial charge in [-0.3, -0.25) is 4.90 Å². The molecule has 1 heterocycles. The first-order chi connectivity index (χ1) is 10.4. The van der Waals surface area contributed by atoms with Crippen molar-refractivity contribution in [2.75, 3.05) is 13.7 Å². The van der Waals surface area contributed by atoms with Gasteiger partial charge in [-0.1, -0.05) is 6.07 Å². The fraction of sp³-hybridized carbons (Fsp3) is 0.333. The molecule has 2 rings (SSSR count). The van der Waals surface area contributed by atoms with Crippen LogP contribution in [0.2, 0.25) is 0 Å². The predicted octanol–water partition coefficient (Wildman–Crippen LogP) is 3.34. The van der Waals surface area contributed by atoms with Crippen LogP contribution in [0.1, 0.15) is 25.5 Å². The number of hydrogen-bond acceptors (Lipinski definition) is 3. The minimum atomic E-state index is -1.22. The first kappa shape index (κ1) is 16.1. The Morgan fingerprint density at radius 1 is 1.36 bits per heavy atom. The fourth-order valence-electron chi connectivity index (χ4n) is 2.53. The molecule has 1 aliphatic heterocycles. The molecule has 0 saturated carbocycles. The molecule has 5 nitrogen and oxygen atoms in total. The van der Waals surface area contributed by atoms with E-state index in [4.69, 9.17) is 4.74 Å². The summed E-state index contributed by atoms with van der Waals surface area (Å²) in [6.07, 6.45) is -1.22. The van der Waals surface area contributed by atoms with Gasteiger partial charge in [0.15, 0.2) is 11.6 Å². The highest BCUT2D eigenvalue weighted by atomic mass is 19.2. The second kappa shape index (κ2) is 6.23. The molecule has 0 saturated heterocycles. The second-order valence-corrected chi connectivity index (χ2v) is 4.93. The molecule has 0 bridgehead atoms. The molecule has 1 aromatic carbocycles.